The number of nitrogens with zero attached hydrogens (tertiary/aromatic N) is 5. The quantitative estimate of drug-likeness (QED) is 0.730. The first-order valence-corrected chi connectivity index (χ1v) is 6.00. The Labute approximate surface area is 104 Å². The van der Waals surface area contributed by atoms with Gasteiger partial charge in [-0.25, -0.2) is 10.1 Å². The highest BCUT2D eigenvalue weighted by atomic mass is 16.1. The van der Waals surface area contributed by atoms with Crippen molar-refractivity contribution >= 4 is 17.0 Å². The number of hydrogen-bond donors (Lipinski definition) is 1. The number of aromatic amines is 1. The van der Waals surface area contributed by atoms with Gasteiger partial charge in [-0.3, -0.25) is 4.79 Å². The first-order valence-electron chi connectivity index (χ1n) is 6.00. The Bertz CT molecular complexity index is 622. The molecular weight excluding hydrogens is 232 g/mol. The average Bonchev–Trinajstić information content (AvgIpc) is 2.69. The maximum absolute atomic E-state index is 11.7. The van der Waals surface area contributed by atoms with Crippen LogP contribution in [0.4, 0.5) is 5.95 Å². The molecule has 1 N–H and O–H groups in total. The van der Waals surface area contributed by atoms with Crippen LogP contribution in [0.2, 0.25) is 0 Å². The van der Waals surface area contributed by atoms with Crippen molar-refractivity contribution in [3.8, 4) is 0 Å². The molecule has 0 bridgehead atoms. The Morgan fingerprint density at radius 2 is 1.94 bits per heavy atom. The number of imidazole rings is 1. The van der Waals surface area contributed by atoms with Crippen LogP contribution in [0.25, 0.3) is 11.0 Å². The summed E-state index contributed by atoms with van der Waals surface area (Å²) in [5.41, 5.74) is 1.04. The van der Waals surface area contributed by atoms with Crippen molar-refractivity contribution in [3.05, 3.63) is 16.6 Å². The molecule has 3 heterocycles. The van der Waals surface area contributed by atoms with Gasteiger partial charge in [0.1, 0.15) is 11.0 Å². The van der Waals surface area contributed by atoms with Gasteiger partial charge in [0, 0.05) is 33.2 Å². The van der Waals surface area contributed by atoms with E-state index in [0.29, 0.717) is 11.0 Å². The van der Waals surface area contributed by atoms with Crippen LogP contribution in [0.1, 0.15) is 0 Å². The lowest BCUT2D eigenvalue weighted by molar-refractivity contribution is 0.310. The molecule has 1 aliphatic heterocycles. The highest BCUT2D eigenvalue weighted by molar-refractivity contribution is 5.76. The summed E-state index contributed by atoms with van der Waals surface area (Å²) in [4.78, 5) is 20.7. The zero-order valence-electron chi connectivity index (χ0n) is 10.6. The minimum atomic E-state index is -0.192. The zero-order chi connectivity index (χ0) is 12.7. The normalized spacial score (nSPS) is 17.6. The molecule has 3 rings (SSSR count). The molecule has 0 atom stereocenters. The van der Waals surface area contributed by atoms with Crippen molar-refractivity contribution in [1.82, 2.24) is 24.6 Å². The number of aromatic nitrogens is 4. The molecule has 0 saturated carbocycles. The van der Waals surface area contributed by atoms with Crippen LogP contribution in [-0.2, 0) is 7.05 Å². The average molecular weight is 248 g/mol. The van der Waals surface area contributed by atoms with E-state index in [1.54, 1.807) is 6.20 Å². The summed E-state index contributed by atoms with van der Waals surface area (Å²) in [7, 11) is 3.99. The summed E-state index contributed by atoms with van der Waals surface area (Å²) in [6, 6.07) is 0. The fourth-order valence-electron chi connectivity index (χ4n) is 2.36. The van der Waals surface area contributed by atoms with Gasteiger partial charge in [0.15, 0.2) is 0 Å². The van der Waals surface area contributed by atoms with E-state index in [0.717, 1.165) is 32.1 Å². The number of fused-ring (bicyclic) bond motifs is 1. The Balaban J connectivity index is 2.05. The molecule has 0 radical (unpaired) electrons. The molecule has 0 aliphatic carbocycles. The zero-order valence-corrected chi connectivity index (χ0v) is 10.6. The molecule has 2 aromatic heterocycles. The summed E-state index contributed by atoms with van der Waals surface area (Å²) in [5, 5.41) is 6.23. The molecule has 0 spiro atoms. The lowest BCUT2D eigenvalue weighted by Gasteiger charge is -2.32. The van der Waals surface area contributed by atoms with Crippen molar-refractivity contribution < 1.29 is 0 Å². The van der Waals surface area contributed by atoms with Gasteiger partial charge in [0.2, 0.25) is 5.95 Å². The van der Waals surface area contributed by atoms with Crippen molar-refractivity contribution in [2.45, 2.75) is 0 Å². The Kier molecular flexibility index (Phi) is 2.55. The molecule has 1 fully saturated rings. The van der Waals surface area contributed by atoms with E-state index in [4.69, 9.17) is 0 Å². The lowest BCUT2D eigenvalue weighted by Crippen LogP contribution is -2.45. The van der Waals surface area contributed by atoms with E-state index in [9.17, 15) is 4.79 Å². The number of nitrogens with one attached hydrogen (secondary N) is 1. The molecule has 7 nitrogen and oxygen atoms in total. The van der Waals surface area contributed by atoms with Gasteiger partial charge >= 0.3 is 0 Å². The highest BCUT2D eigenvalue weighted by Crippen LogP contribution is 2.18. The van der Waals surface area contributed by atoms with Crippen LogP contribution in [0.15, 0.2) is 11.0 Å². The number of likely N-dealkylation sites (N-methyl/N-ethyl adjacent to an activating group) is 1. The van der Waals surface area contributed by atoms with Gasteiger partial charge in [-0.05, 0) is 7.05 Å². The number of H-pyrrole nitrogens is 1. The molecule has 0 aromatic carbocycles. The maximum Gasteiger partial charge on any atom is 0.290 e. The Hall–Kier alpha value is -1.89. The van der Waals surface area contributed by atoms with Gasteiger partial charge in [0.05, 0.1) is 6.20 Å². The largest absolute Gasteiger partial charge is 0.340 e. The monoisotopic (exact) mass is 248 g/mol. The highest BCUT2D eigenvalue weighted by Gasteiger charge is 2.20. The van der Waals surface area contributed by atoms with Crippen molar-refractivity contribution in [3.63, 3.8) is 0 Å². The summed E-state index contributed by atoms with van der Waals surface area (Å²) in [5.74, 6) is 0.844. The molecule has 18 heavy (non-hydrogen) atoms. The smallest absolute Gasteiger partial charge is 0.290 e. The van der Waals surface area contributed by atoms with Gasteiger partial charge in [-0.1, -0.05) is 0 Å². The molecular formula is C11H16N6O. The minimum Gasteiger partial charge on any atom is -0.340 e. The summed E-state index contributed by atoms with van der Waals surface area (Å²) < 4.78 is 1.85. The van der Waals surface area contributed by atoms with Crippen molar-refractivity contribution in [2.75, 3.05) is 38.1 Å². The van der Waals surface area contributed by atoms with Crippen LogP contribution in [0.5, 0.6) is 0 Å². The molecule has 7 heteroatoms. The van der Waals surface area contributed by atoms with E-state index >= 15 is 0 Å². The third-order valence-corrected chi connectivity index (χ3v) is 3.45. The fraction of sp³-hybridized carbons (Fsp3) is 0.545. The predicted molar refractivity (Wildman–Crippen MR) is 68.8 cm³/mol. The second kappa shape index (κ2) is 4.09. The predicted octanol–water partition coefficient (Wildman–Crippen LogP) is -0.592. The number of anilines is 1. The molecule has 1 aliphatic rings. The van der Waals surface area contributed by atoms with Crippen molar-refractivity contribution in [1.29, 1.82) is 0 Å². The van der Waals surface area contributed by atoms with Gasteiger partial charge in [-0.15, -0.1) is 0 Å². The van der Waals surface area contributed by atoms with Crippen LogP contribution in [-0.4, -0.2) is 57.9 Å². The number of aryl methyl sites for hydroxylation is 1. The van der Waals surface area contributed by atoms with Crippen LogP contribution in [0, 0.1) is 0 Å². The van der Waals surface area contributed by atoms with E-state index in [-0.39, 0.29) is 5.56 Å². The van der Waals surface area contributed by atoms with Crippen molar-refractivity contribution in [2.24, 2.45) is 7.05 Å². The topological polar surface area (TPSA) is 70.1 Å². The molecule has 0 unspecified atom stereocenters. The first-order chi connectivity index (χ1) is 8.66. The van der Waals surface area contributed by atoms with E-state index in [1.165, 1.54) is 0 Å². The molecule has 2 aromatic rings. The number of hydrogen-bond acceptors (Lipinski definition) is 5. The maximum atomic E-state index is 11.7. The molecule has 1 saturated heterocycles. The van der Waals surface area contributed by atoms with Crippen LogP contribution < -0.4 is 10.5 Å². The SMILES string of the molecule is CN1CCN(c2nc3cn[nH]c(=O)c3n2C)CC1. The Morgan fingerprint density at radius 3 is 2.61 bits per heavy atom. The number of piperazine rings is 1. The summed E-state index contributed by atoms with van der Waals surface area (Å²) >= 11 is 0. The van der Waals surface area contributed by atoms with E-state index in [2.05, 4.69) is 32.0 Å². The molecule has 0 amide bonds. The Morgan fingerprint density at radius 1 is 1.22 bits per heavy atom. The van der Waals surface area contributed by atoms with Crippen LogP contribution in [0.3, 0.4) is 0 Å². The third-order valence-electron chi connectivity index (χ3n) is 3.45. The second-order valence-corrected chi connectivity index (χ2v) is 4.69. The van der Waals surface area contributed by atoms with Gasteiger partial charge in [0.25, 0.3) is 5.56 Å². The minimum absolute atomic E-state index is 0.192. The number of rotatable bonds is 1. The van der Waals surface area contributed by atoms with Gasteiger partial charge in [-0.2, -0.15) is 5.10 Å². The third kappa shape index (κ3) is 1.67. The second-order valence-electron chi connectivity index (χ2n) is 4.69. The first kappa shape index (κ1) is 11.2. The van der Waals surface area contributed by atoms with Gasteiger partial charge < -0.3 is 14.4 Å². The fourth-order valence-corrected chi connectivity index (χ4v) is 2.36. The van der Waals surface area contributed by atoms with E-state index in [1.807, 2.05) is 11.6 Å². The lowest BCUT2D eigenvalue weighted by atomic mass is 10.3. The standard InChI is InChI=1S/C11H16N6O/c1-15-3-5-17(6-4-15)11-13-8-7-12-14-10(18)9(8)16(11)2/h7H,3-6H2,1-2H3,(H,14,18). The summed E-state index contributed by atoms with van der Waals surface area (Å²) in [6.45, 7) is 3.88. The van der Waals surface area contributed by atoms with E-state index < -0.39 is 0 Å². The molecule has 96 valence electrons. The summed E-state index contributed by atoms with van der Waals surface area (Å²) in [6.07, 6.45) is 1.59. The van der Waals surface area contributed by atoms with Crippen LogP contribution >= 0.6 is 0 Å².